The van der Waals surface area contributed by atoms with E-state index in [1.807, 2.05) is 40.8 Å². The Labute approximate surface area is 142 Å². The average Bonchev–Trinajstić information content (AvgIpc) is 2.47. The van der Waals surface area contributed by atoms with Gasteiger partial charge in [0.2, 0.25) is 0 Å². The molecule has 0 aliphatic carbocycles. The number of nitro groups is 1. The van der Waals surface area contributed by atoms with E-state index in [1.54, 1.807) is 12.1 Å². The van der Waals surface area contributed by atoms with Gasteiger partial charge in [0.15, 0.2) is 0 Å². The molecule has 2 rings (SSSR count). The predicted octanol–water partition coefficient (Wildman–Crippen LogP) is 4.58. The van der Waals surface area contributed by atoms with Crippen LogP contribution in [0.25, 0.3) is 0 Å². The van der Waals surface area contributed by atoms with Crippen molar-refractivity contribution in [3.05, 3.63) is 67.3 Å². The number of carbonyl (C=O) groups excluding carboxylic acids is 1. The Morgan fingerprint density at radius 2 is 1.95 bits per heavy atom. The zero-order valence-corrected chi connectivity index (χ0v) is 14.3. The molecule has 114 valence electrons. The Balaban J connectivity index is 2.27. The van der Waals surface area contributed by atoms with E-state index < -0.39 is 4.92 Å². The Morgan fingerprint density at radius 3 is 2.59 bits per heavy atom. The molecule has 22 heavy (non-hydrogen) atoms. The van der Waals surface area contributed by atoms with E-state index in [4.69, 9.17) is 0 Å². The lowest BCUT2D eigenvalue weighted by atomic mass is 10.0. The van der Waals surface area contributed by atoms with E-state index in [1.165, 1.54) is 12.1 Å². The highest BCUT2D eigenvalue weighted by Crippen LogP contribution is 2.22. The fourth-order valence-corrected chi connectivity index (χ4v) is 2.56. The smallest absolute Gasteiger partial charge is 0.270 e. The molecule has 0 spiro atoms. The first-order valence-electron chi connectivity index (χ1n) is 6.73. The number of non-ortho nitro benzene ring substituents is 1. The van der Waals surface area contributed by atoms with Gasteiger partial charge in [-0.2, -0.15) is 0 Å². The standard InChI is InChI=1S/C16H15IN2O3/c1-10(2)11-4-3-5-12(8-11)18-16(20)14-9-13(19(21)22)6-7-15(14)17/h3-10H,1-2H3,(H,18,20). The van der Waals surface area contributed by atoms with Gasteiger partial charge >= 0.3 is 0 Å². The normalized spacial score (nSPS) is 10.5. The van der Waals surface area contributed by atoms with E-state index in [0.717, 1.165) is 5.56 Å². The van der Waals surface area contributed by atoms with E-state index in [2.05, 4.69) is 19.2 Å². The van der Waals surface area contributed by atoms with Crippen molar-refractivity contribution in [1.29, 1.82) is 0 Å². The molecule has 0 saturated heterocycles. The lowest BCUT2D eigenvalue weighted by molar-refractivity contribution is -0.384. The summed E-state index contributed by atoms with van der Waals surface area (Å²) in [5.41, 5.74) is 2.00. The molecular weight excluding hydrogens is 395 g/mol. The molecule has 5 nitrogen and oxygen atoms in total. The number of halogens is 1. The average molecular weight is 410 g/mol. The van der Waals surface area contributed by atoms with Gasteiger partial charge in [0, 0.05) is 21.4 Å². The maximum absolute atomic E-state index is 12.4. The molecule has 0 saturated carbocycles. The van der Waals surface area contributed by atoms with Gasteiger partial charge < -0.3 is 5.32 Å². The summed E-state index contributed by atoms with van der Waals surface area (Å²) in [5, 5.41) is 13.6. The molecule has 2 aromatic carbocycles. The molecule has 0 unspecified atom stereocenters. The lowest BCUT2D eigenvalue weighted by Crippen LogP contribution is -2.14. The molecular formula is C16H15IN2O3. The zero-order chi connectivity index (χ0) is 16.3. The molecule has 0 aromatic heterocycles. The van der Waals surface area contributed by atoms with Crippen LogP contribution < -0.4 is 5.32 Å². The first-order valence-corrected chi connectivity index (χ1v) is 7.81. The summed E-state index contributed by atoms with van der Waals surface area (Å²) in [6.45, 7) is 4.15. The zero-order valence-electron chi connectivity index (χ0n) is 12.2. The van der Waals surface area contributed by atoms with Gasteiger partial charge in [-0.1, -0.05) is 26.0 Å². The van der Waals surface area contributed by atoms with Gasteiger partial charge in [-0.3, -0.25) is 14.9 Å². The van der Waals surface area contributed by atoms with Crippen molar-refractivity contribution in [3.8, 4) is 0 Å². The number of benzene rings is 2. The number of nitrogens with zero attached hydrogens (tertiary/aromatic N) is 1. The fraction of sp³-hybridized carbons (Fsp3) is 0.188. The number of carbonyl (C=O) groups is 1. The second kappa shape index (κ2) is 6.87. The predicted molar refractivity (Wildman–Crippen MR) is 94.3 cm³/mol. The Morgan fingerprint density at radius 1 is 1.23 bits per heavy atom. The van der Waals surface area contributed by atoms with Crippen molar-refractivity contribution in [2.24, 2.45) is 0 Å². The summed E-state index contributed by atoms with van der Waals surface area (Å²) < 4.78 is 0.667. The number of hydrogen-bond acceptors (Lipinski definition) is 3. The van der Waals surface area contributed by atoms with Crippen molar-refractivity contribution < 1.29 is 9.72 Å². The number of rotatable bonds is 4. The minimum Gasteiger partial charge on any atom is -0.322 e. The Bertz CT molecular complexity index is 729. The van der Waals surface area contributed by atoms with Crippen molar-refractivity contribution in [3.63, 3.8) is 0 Å². The van der Waals surface area contributed by atoms with E-state index in [0.29, 0.717) is 20.7 Å². The Kier molecular flexibility index (Phi) is 5.12. The van der Waals surface area contributed by atoms with Crippen LogP contribution in [0.4, 0.5) is 11.4 Å². The lowest BCUT2D eigenvalue weighted by Gasteiger charge is -2.10. The van der Waals surface area contributed by atoms with Crippen molar-refractivity contribution in [2.75, 3.05) is 5.32 Å². The van der Waals surface area contributed by atoms with Gasteiger partial charge in [-0.05, 0) is 52.3 Å². The molecule has 0 radical (unpaired) electrons. The molecule has 0 aliphatic rings. The summed E-state index contributed by atoms with van der Waals surface area (Å²) in [7, 11) is 0. The van der Waals surface area contributed by atoms with Crippen LogP contribution in [0, 0.1) is 13.7 Å². The quantitative estimate of drug-likeness (QED) is 0.456. The second-order valence-electron chi connectivity index (χ2n) is 5.16. The third-order valence-corrected chi connectivity index (χ3v) is 4.16. The molecule has 0 atom stereocenters. The number of hydrogen-bond donors (Lipinski definition) is 1. The summed E-state index contributed by atoms with van der Waals surface area (Å²) in [5.74, 6) is 0.00352. The van der Waals surface area contributed by atoms with Crippen molar-refractivity contribution >= 4 is 39.9 Å². The van der Waals surface area contributed by atoms with Crippen LogP contribution in [-0.4, -0.2) is 10.8 Å². The van der Waals surface area contributed by atoms with E-state index in [-0.39, 0.29) is 11.6 Å². The monoisotopic (exact) mass is 410 g/mol. The van der Waals surface area contributed by atoms with Crippen LogP contribution in [0.2, 0.25) is 0 Å². The second-order valence-corrected chi connectivity index (χ2v) is 6.32. The van der Waals surface area contributed by atoms with Gasteiger partial charge in [-0.15, -0.1) is 0 Å². The molecule has 6 heteroatoms. The number of nitrogens with one attached hydrogen (secondary N) is 1. The number of anilines is 1. The molecule has 1 amide bonds. The van der Waals surface area contributed by atoms with Crippen LogP contribution in [-0.2, 0) is 0 Å². The molecule has 0 heterocycles. The highest BCUT2D eigenvalue weighted by Gasteiger charge is 2.16. The van der Waals surface area contributed by atoms with Gasteiger partial charge in [-0.25, -0.2) is 0 Å². The fourth-order valence-electron chi connectivity index (χ4n) is 1.97. The van der Waals surface area contributed by atoms with Gasteiger partial charge in [0.1, 0.15) is 0 Å². The number of amides is 1. The first kappa shape index (κ1) is 16.4. The molecule has 1 N–H and O–H groups in total. The van der Waals surface area contributed by atoms with Crippen LogP contribution >= 0.6 is 22.6 Å². The molecule has 0 fully saturated rings. The van der Waals surface area contributed by atoms with E-state index in [9.17, 15) is 14.9 Å². The Hall–Kier alpha value is -1.96. The summed E-state index contributed by atoms with van der Waals surface area (Å²) in [6.07, 6.45) is 0. The summed E-state index contributed by atoms with van der Waals surface area (Å²) in [6, 6.07) is 11.8. The first-order chi connectivity index (χ1) is 10.4. The molecule has 0 aliphatic heterocycles. The third-order valence-electron chi connectivity index (χ3n) is 3.22. The largest absolute Gasteiger partial charge is 0.322 e. The maximum Gasteiger partial charge on any atom is 0.270 e. The van der Waals surface area contributed by atoms with Crippen molar-refractivity contribution in [2.45, 2.75) is 19.8 Å². The minimum absolute atomic E-state index is 0.0958. The third kappa shape index (κ3) is 3.82. The summed E-state index contributed by atoms with van der Waals surface area (Å²) in [4.78, 5) is 22.7. The summed E-state index contributed by atoms with van der Waals surface area (Å²) >= 11 is 1.99. The van der Waals surface area contributed by atoms with Gasteiger partial charge in [0.25, 0.3) is 11.6 Å². The van der Waals surface area contributed by atoms with Gasteiger partial charge in [0.05, 0.1) is 10.5 Å². The minimum atomic E-state index is -0.508. The SMILES string of the molecule is CC(C)c1cccc(NC(=O)c2cc([N+](=O)[O-])ccc2I)c1. The number of nitro benzene ring substituents is 1. The van der Waals surface area contributed by atoms with Crippen LogP contribution in [0.1, 0.15) is 35.7 Å². The molecule has 2 aromatic rings. The highest BCUT2D eigenvalue weighted by molar-refractivity contribution is 14.1. The molecule has 0 bridgehead atoms. The highest BCUT2D eigenvalue weighted by atomic mass is 127. The van der Waals surface area contributed by atoms with Crippen molar-refractivity contribution in [1.82, 2.24) is 0 Å². The van der Waals surface area contributed by atoms with Crippen LogP contribution in [0.15, 0.2) is 42.5 Å². The van der Waals surface area contributed by atoms with Crippen LogP contribution in [0.5, 0.6) is 0 Å². The maximum atomic E-state index is 12.4. The van der Waals surface area contributed by atoms with E-state index >= 15 is 0 Å². The topological polar surface area (TPSA) is 72.2 Å². The van der Waals surface area contributed by atoms with Crippen LogP contribution in [0.3, 0.4) is 0 Å².